The molecule has 2 rings (SSSR count). The number of amides is 2. The van der Waals surface area contributed by atoms with E-state index in [1.807, 2.05) is 59.5 Å². The summed E-state index contributed by atoms with van der Waals surface area (Å²) in [5.74, 6) is 0. The summed E-state index contributed by atoms with van der Waals surface area (Å²) < 4.78 is 5.96. The number of rotatable bonds is 8. The first-order valence-electron chi connectivity index (χ1n) is 8.04. The number of nitrogens with one attached hydrogen (secondary N) is 1. The van der Waals surface area contributed by atoms with E-state index in [1.165, 1.54) is 0 Å². The number of methoxy groups -OCH3 is 1. The lowest BCUT2D eigenvalue weighted by Gasteiger charge is -2.23. The minimum absolute atomic E-state index is 0.0943. The van der Waals surface area contributed by atoms with Crippen LogP contribution in [-0.2, 0) is 11.3 Å². The number of para-hydroxylation sites is 1. The Labute approximate surface area is 151 Å². The van der Waals surface area contributed by atoms with Crippen molar-refractivity contribution in [3.8, 4) is 0 Å². The van der Waals surface area contributed by atoms with Gasteiger partial charge in [0, 0.05) is 31.3 Å². The van der Waals surface area contributed by atoms with Gasteiger partial charge in [-0.2, -0.15) is 0 Å². The Hall–Kier alpha value is -1.85. The lowest BCUT2D eigenvalue weighted by Crippen LogP contribution is -2.35. The molecule has 0 saturated carbocycles. The SMILES string of the molecule is COCCCCN(Cc1ccccc1)C(=O)Nc1ccccc1Br. The summed E-state index contributed by atoms with van der Waals surface area (Å²) in [4.78, 5) is 14.5. The maximum absolute atomic E-state index is 12.7. The van der Waals surface area contributed by atoms with E-state index in [0.29, 0.717) is 19.7 Å². The monoisotopic (exact) mass is 390 g/mol. The third kappa shape index (κ3) is 5.98. The van der Waals surface area contributed by atoms with Crippen LogP contribution in [0.3, 0.4) is 0 Å². The number of urea groups is 1. The zero-order valence-electron chi connectivity index (χ0n) is 13.9. The quantitative estimate of drug-likeness (QED) is 0.650. The van der Waals surface area contributed by atoms with Crippen LogP contribution in [0.25, 0.3) is 0 Å². The van der Waals surface area contributed by atoms with Gasteiger partial charge >= 0.3 is 6.03 Å². The Balaban J connectivity index is 2.02. The number of ether oxygens (including phenoxy) is 1. The number of carbonyl (C=O) groups excluding carboxylic acids is 1. The second kappa shape index (κ2) is 10.1. The molecule has 0 aliphatic carbocycles. The van der Waals surface area contributed by atoms with Gasteiger partial charge in [0.05, 0.1) is 5.69 Å². The van der Waals surface area contributed by atoms with Crippen molar-refractivity contribution in [2.45, 2.75) is 19.4 Å². The van der Waals surface area contributed by atoms with E-state index in [0.717, 1.165) is 28.6 Å². The largest absolute Gasteiger partial charge is 0.385 e. The fourth-order valence-electron chi connectivity index (χ4n) is 2.36. The molecule has 5 heteroatoms. The van der Waals surface area contributed by atoms with Crippen molar-refractivity contribution in [1.82, 2.24) is 4.90 Å². The van der Waals surface area contributed by atoms with Crippen molar-refractivity contribution in [3.05, 3.63) is 64.6 Å². The molecule has 24 heavy (non-hydrogen) atoms. The van der Waals surface area contributed by atoms with E-state index < -0.39 is 0 Å². The van der Waals surface area contributed by atoms with Gasteiger partial charge in [-0.3, -0.25) is 0 Å². The second-order valence-corrected chi connectivity index (χ2v) is 6.37. The fourth-order valence-corrected chi connectivity index (χ4v) is 2.75. The van der Waals surface area contributed by atoms with E-state index >= 15 is 0 Å². The summed E-state index contributed by atoms with van der Waals surface area (Å²) in [7, 11) is 1.70. The number of benzene rings is 2. The van der Waals surface area contributed by atoms with Crippen LogP contribution in [0.1, 0.15) is 18.4 Å². The third-order valence-electron chi connectivity index (χ3n) is 3.65. The van der Waals surface area contributed by atoms with Gasteiger partial charge < -0.3 is 15.0 Å². The number of hydrogen-bond donors (Lipinski definition) is 1. The first kappa shape index (κ1) is 18.5. The minimum atomic E-state index is -0.0943. The van der Waals surface area contributed by atoms with Crippen LogP contribution in [-0.4, -0.2) is 31.2 Å². The highest BCUT2D eigenvalue weighted by Gasteiger charge is 2.15. The Morgan fingerprint density at radius 2 is 1.79 bits per heavy atom. The van der Waals surface area contributed by atoms with E-state index in [4.69, 9.17) is 4.74 Å². The molecule has 0 heterocycles. The first-order chi connectivity index (χ1) is 11.7. The lowest BCUT2D eigenvalue weighted by atomic mass is 10.2. The molecule has 0 spiro atoms. The average Bonchev–Trinajstić information content (AvgIpc) is 2.60. The molecular formula is C19H23BrN2O2. The zero-order valence-corrected chi connectivity index (χ0v) is 15.5. The number of anilines is 1. The molecule has 0 atom stereocenters. The van der Waals surface area contributed by atoms with Crippen LogP contribution in [0.2, 0.25) is 0 Å². The molecule has 2 aromatic carbocycles. The molecule has 0 radical (unpaired) electrons. The minimum Gasteiger partial charge on any atom is -0.385 e. The molecule has 0 unspecified atom stereocenters. The standard InChI is InChI=1S/C19H23BrN2O2/c1-24-14-8-7-13-22(15-16-9-3-2-4-10-16)19(23)21-18-12-6-5-11-17(18)20/h2-6,9-12H,7-8,13-15H2,1H3,(H,21,23). The molecule has 128 valence electrons. The average molecular weight is 391 g/mol. The second-order valence-electron chi connectivity index (χ2n) is 5.52. The lowest BCUT2D eigenvalue weighted by molar-refractivity contribution is 0.182. The molecule has 4 nitrogen and oxygen atoms in total. The molecule has 0 saturated heterocycles. The predicted octanol–water partition coefficient (Wildman–Crippen LogP) is 4.91. The van der Waals surface area contributed by atoms with Crippen LogP contribution in [0, 0.1) is 0 Å². The molecule has 0 aromatic heterocycles. The molecule has 2 amide bonds. The van der Waals surface area contributed by atoms with Crippen LogP contribution in [0.4, 0.5) is 10.5 Å². The highest BCUT2D eigenvalue weighted by molar-refractivity contribution is 9.10. The summed E-state index contributed by atoms with van der Waals surface area (Å²) in [6.07, 6.45) is 1.84. The molecule has 2 aromatic rings. The number of nitrogens with zero attached hydrogens (tertiary/aromatic N) is 1. The van der Waals surface area contributed by atoms with Gasteiger partial charge in [-0.25, -0.2) is 4.79 Å². The molecule has 0 aliphatic rings. The molecule has 0 bridgehead atoms. The van der Waals surface area contributed by atoms with Crippen molar-refractivity contribution < 1.29 is 9.53 Å². The third-order valence-corrected chi connectivity index (χ3v) is 4.34. The number of halogens is 1. The highest BCUT2D eigenvalue weighted by Crippen LogP contribution is 2.22. The van der Waals surface area contributed by atoms with Crippen LogP contribution >= 0.6 is 15.9 Å². The Morgan fingerprint density at radius 3 is 2.50 bits per heavy atom. The van der Waals surface area contributed by atoms with Gasteiger partial charge in [0.15, 0.2) is 0 Å². The summed E-state index contributed by atoms with van der Waals surface area (Å²) in [6.45, 7) is 1.99. The normalized spacial score (nSPS) is 10.4. The summed E-state index contributed by atoms with van der Waals surface area (Å²) >= 11 is 3.46. The summed E-state index contributed by atoms with van der Waals surface area (Å²) in [5, 5.41) is 2.98. The maximum Gasteiger partial charge on any atom is 0.322 e. The molecular weight excluding hydrogens is 368 g/mol. The Bertz CT molecular complexity index is 634. The van der Waals surface area contributed by atoms with Gasteiger partial charge in [0.1, 0.15) is 0 Å². The van der Waals surface area contributed by atoms with Crippen LogP contribution < -0.4 is 5.32 Å². The van der Waals surface area contributed by atoms with E-state index in [9.17, 15) is 4.79 Å². The van der Waals surface area contributed by atoms with Crippen LogP contribution in [0.5, 0.6) is 0 Å². The summed E-state index contributed by atoms with van der Waals surface area (Å²) in [6, 6.07) is 17.6. The van der Waals surface area contributed by atoms with E-state index in [1.54, 1.807) is 7.11 Å². The van der Waals surface area contributed by atoms with Crippen molar-refractivity contribution in [1.29, 1.82) is 0 Å². The number of carbonyl (C=O) groups is 1. The topological polar surface area (TPSA) is 41.6 Å². The van der Waals surface area contributed by atoms with Crippen molar-refractivity contribution in [2.75, 3.05) is 25.6 Å². The highest BCUT2D eigenvalue weighted by atomic mass is 79.9. The van der Waals surface area contributed by atoms with Crippen molar-refractivity contribution in [2.24, 2.45) is 0 Å². The van der Waals surface area contributed by atoms with Crippen LogP contribution in [0.15, 0.2) is 59.1 Å². The van der Waals surface area contributed by atoms with E-state index in [2.05, 4.69) is 21.2 Å². The predicted molar refractivity (Wildman–Crippen MR) is 101 cm³/mol. The molecule has 0 aliphatic heterocycles. The van der Waals surface area contributed by atoms with Gasteiger partial charge in [-0.1, -0.05) is 42.5 Å². The number of unbranched alkanes of at least 4 members (excludes halogenated alkanes) is 1. The Morgan fingerprint density at radius 1 is 1.08 bits per heavy atom. The fraction of sp³-hybridized carbons (Fsp3) is 0.316. The zero-order chi connectivity index (χ0) is 17.2. The van der Waals surface area contributed by atoms with Gasteiger partial charge in [0.25, 0.3) is 0 Å². The van der Waals surface area contributed by atoms with Crippen molar-refractivity contribution in [3.63, 3.8) is 0 Å². The van der Waals surface area contributed by atoms with Gasteiger partial charge in [0.2, 0.25) is 0 Å². The summed E-state index contributed by atoms with van der Waals surface area (Å²) in [5.41, 5.74) is 1.89. The van der Waals surface area contributed by atoms with Gasteiger partial charge in [-0.15, -0.1) is 0 Å². The Kier molecular flexibility index (Phi) is 7.79. The number of hydrogen-bond acceptors (Lipinski definition) is 2. The smallest absolute Gasteiger partial charge is 0.322 e. The maximum atomic E-state index is 12.7. The van der Waals surface area contributed by atoms with Crippen molar-refractivity contribution >= 4 is 27.6 Å². The first-order valence-corrected chi connectivity index (χ1v) is 8.83. The van der Waals surface area contributed by atoms with E-state index in [-0.39, 0.29) is 6.03 Å². The molecule has 1 N–H and O–H groups in total. The molecule has 0 fully saturated rings. The van der Waals surface area contributed by atoms with Gasteiger partial charge in [-0.05, 0) is 46.5 Å².